The third kappa shape index (κ3) is 4.07. The Hall–Kier alpha value is -3.00. The zero-order valence-electron chi connectivity index (χ0n) is 17.1. The van der Waals surface area contributed by atoms with Crippen molar-refractivity contribution in [3.05, 3.63) is 40.7 Å². The number of aromatic nitrogens is 1. The van der Waals surface area contributed by atoms with Gasteiger partial charge >= 0.3 is 0 Å². The van der Waals surface area contributed by atoms with Crippen LogP contribution >= 0.6 is 11.3 Å². The number of methoxy groups -OCH3 is 4. The Labute approximate surface area is 173 Å². The first-order valence-corrected chi connectivity index (χ1v) is 9.90. The highest BCUT2D eigenvalue weighted by Crippen LogP contribution is 2.35. The molecule has 0 saturated heterocycles. The van der Waals surface area contributed by atoms with E-state index < -0.39 is 0 Å². The second-order valence-electron chi connectivity index (χ2n) is 6.14. The summed E-state index contributed by atoms with van der Waals surface area (Å²) < 4.78 is 24.4. The Morgan fingerprint density at radius 2 is 1.66 bits per heavy atom. The maximum absolute atomic E-state index is 12.7. The number of carbonyl (C=O) groups excluding carboxylic acids is 1. The average Bonchev–Trinajstić information content (AvgIpc) is 3.11. The molecule has 0 atom stereocenters. The molecule has 0 aliphatic rings. The summed E-state index contributed by atoms with van der Waals surface area (Å²) in [5.74, 6) is 2.43. The summed E-state index contributed by atoms with van der Waals surface area (Å²) >= 11 is 1.40. The van der Waals surface area contributed by atoms with Crippen LogP contribution in [-0.2, 0) is 17.8 Å². The van der Waals surface area contributed by atoms with Crippen molar-refractivity contribution in [2.24, 2.45) is 4.99 Å². The minimum atomic E-state index is -0.264. The van der Waals surface area contributed by atoms with Gasteiger partial charge in [0.2, 0.25) is 0 Å². The number of hydrogen-bond donors (Lipinski definition) is 0. The second kappa shape index (κ2) is 9.00. The van der Waals surface area contributed by atoms with Crippen molar-refractivity contribution < 1.29 is 23.7 Å². The molecule has 8 heteroatoms. The van der Waals surface area contributed by atoms with Gasteiger partial charge in [-0.1, -0.05) is 17.4 Å². The van der Waals surface area contributed by atoms with Gasteiger partial charge in [-0.25, -0.2) is 0 Å². The van der Waals surface area contributed by atoms with E-state index in [9.17, 15) is 4.79 Å². The number of ether oxygens (including phenoxy) is 4. The number of fused-ring (bicyclic) bond motifs is 1. The summed E-state index contributed by atoms with van der Waals surface area (Å²) in [6.07, 6.45) is 0.124. The Bertz CT molecular complexity index is 1100. The molecule has 0 aliphatic heterocycles. The van der Waals surface area contributed by atoms with Gasteiger partial charge in [0, 0.05) is 18.2 Å². The van der Waals surface area contributed by atoms with E-state index in [1.54, 1.807) is 40.6 Å². The molecule has 3 rings (SSSR count). The Morgan fingerprint density at radius 3 is 2.28 bits per heavy atom. The van der Waals surface area contributed by atoms with E-state index in [2.05, 4.69) is 4.99 Å². The molecule has 0 spiro atoms. The van der Waals surface area contributed by atoms with E-state index in [0.29, 0.717) is 28.6 Å². The van der Waals surface area contributed by atoms with Crippen molar-refractivity contribution in [2.45, 2.75) is 19.9 Å². The molecule has 7 nitrogen and oxygen atoms in total. The second-order valence-corrected chi connectivity index (χ2v) is 7.11. The highest BCUT2D eigenvalue weighted by molar-refractivity contribution is 7.16. The molecule has 29 heavy (non-hydrogen) atoms. The standard InChI is InChI=1S/C21H24N2O5S/c1-6-23-19-15(26-3)9-10-16(27-4)20(19)29-21(23)22-18(24)11-13-7-8-14(25-2)12-17(13)28-5/h7-10,12H,6,11H2,1-5H3. The Balaban J connectivity index is 2.05. The van der Waals surface area contributed by atoms with Crippen LogP contribution in [0.15, 0.2) is 35.3 Å². The molecule has 0 saturated carbocycles. The molecule has 154 valence electrons. The molecule has 0 aliphatic carbocycles. The van der Waals surface area contributed by atoms with Gasteiger partial charge in [-0.15, -0.1) is 0 Å². The highest BCUT2D eigenvalue weighted by atomic mass is 32.1. The van der Waals surface area contributed by atoms with E-state index >= 15 is 0 Å². The number of benzene rings is 2. The zero-order chi connectivity index (χ0) is 21.0. The summed E-state index contributed by atoms with van der Waals surface area (Å²) in [4.78, 5) is 17.7. The molecular formula is C21H24N2O5S. The highest BCUT2D eigenvalue weighted by Gasteiger charge is 2.16. The maximum atomic E-state index is 12.7. The number of thiazole rings is 1. The van der Waals surface area contributed by atoms with E-state index in [0.717, 1.165) is 21.5 Å². The Kier molecular flexibility index (Phi) is 6.43. The summed E-state index contributed by atoms with van der Waals surface area (Å²) in [5.41, 5.74) is 1.62. The molecule has 0 radical (unpaired) electrons. The van der Waals surface area contributed by atoms with E-state index in [4.69, 9.17) is 18.9 Å². The average molecular weight is 416 g/mol. The number of carbonyl (C=O) groups is 1. The Morgan fingerprint density at radius 1 is 0.966 bits per heavy atom. The van der Waals surface area contributed by atoms with Crippen molar-refractivity contribution in [3.63, 3.8) is 0 Å². The SMILES string of the molecule is CCn1c(=NC(=O)Cc2ccc(OC)cc2OC)sc2c(OC)ccc(OC)c21. The smallest absolute Gasteiger partial charge is 0.252 e. The van der Waals surface area contributed by atoms with Crippen LogP contribution in [-0.4, -0.2) is 38.9 Å². The molecule has 0 bridgehead atoms. The van der Waals surface area contributed by atoms with E-state index in [-0.39, 0.29) is 12.3 Å². The van der Waals surface area contributed by atoms with Crippen LogP contribution in [0.25, 0.3) is 10.2 Å². The number of rotatable bonds is 7. The monoisotopic (exact) mass is 416 g/mol. The van der Waals surface area contributed by atoms with Crippen molar-refractivity contribution in [3.8, 4) is 23.0 Å². The predicted molar refractivity (Wildman–Crippen MR) is 112 cm³/mol. The van der Waals surface area contributed by atoms with Gasteiger partial charge in [0.15, 0.2) is 4.80 Å². The number of aryl methyl sites for hydroxylation is 1. The minimum absolute atomic E-state index is 0.124. The fourth-order valence-corrected chi connectivity index (χ4v) is 4.36. The molecule has 1 amide bonds. The first-order chi connectivity index (χ1) is 14.1. The third-order valence-corrected chi connectivity index (χ3v) is 5.66. The van der Waals surface area contributed by atoms with Gasteiger partial charge < -0.3 is 23.5 Å². The molecule has 0 unspecified atom stereocenters. The van der Waals surface area contributed by atoms with Crippen LogP contribution in [0.3, 0.4) is 0 Å². The van der Waals surface area contributed by atoms with Gasteiger partial charge in [-0.05, 0) is 25.1 Å². The predicted octanol–water partition coefficient (Wildman–Crippen LogP) is 3.43. The van der Waals surface area contributed by atoms with Crippen molar-refractivity contribution >= 4 is 27.5 Å². The summed E-state index contributed by atoms with van der Waals surface area (Å²) in [7, 11) is 6.39. The first kappa shape index (κ1) is 20.7. The summed E-state index contributed by atoms with van der Waals surface area (Å²) in [5, 5.41) is 0. The number of nitrogens with zero attached hydrogens (tertiary/aromatic N) is 2. The van der Waals surface area contributed by atoms with Crippen LogP contribution < -0.4 is 23.7 Å². The lowest BCUT2D eigenvalue weighted by atomic mass is 10.1. The van der Waals surface area contributed by atoms with Crippen molar-refractivity contribution in [2.75, 3.05) is 28.4 Å². The molecule has 1 aromatic heterocycles. The quantitative estimate of drug-likeness (QED) is 0.590. The first-order valence-electron chi connectivity index (χ1n) is 9.09. The molecule has 3 aromatic rings. The largest absolute Gasteiger partial charge is 0.497 e. The molecule has 0 N–H and O–H groups in total. The summed E-state index contributed by atoms with van der Waals surface area (Å²) in [6, 6.07) is 9.08. The fraction of sp³-hybridized carbons (Fsp3) is 0.333. The zero-order valence-corrected chi connectivity index (χ0v) is 18.0. The van der Waals surface area contributed by atoms with Gasteiger partial charge in [-0.2, -0.15) is 4.99 Å². The van der Waals surface area contributed by atoms with Crippen LogP contribution in [0.4, 0.5) is 0 Å². The number of amides is 1. The van der Waals surface area contributed by atoms with E-state index in [1.807, 2.05) is 29.7 Å². The normalized spacial score (nSPS) is 11.6. The van der Waals surface area contributed by atoms with Crippen LogP contribution in [0.5, 0.6) is 23.0 Å². The topological polar surface area (TPSA) is 71.3 Å². The van der Waals surface area contributed by atoms with Crippen LogP contribution in [0.2, 0.25) is 0 Å². The lowest BCUT2D eigenvalue weighted by Crippen LogP contribution is -2.17. The van der Waals surface area contributed by atoms with Crippen LogP contribution in [0.1, 0.15) is 12.5 Å². The molecule has 1 heterocycles. The minimum Gasteiger partial charge on any atom is -0.497 e. The van der Waals surface area contributed by atoms with E-state index in [1.165, 1.54) is 11.3 Å². The lowest BCUT2D eigenvalue weighted by molar-refractivity contribution is -0.117. The third-order valence-electron chi connectivity index (χ3n) is 4.56. The van der Waals surface area contributed by atoms with Crippen molar-refractivity contribution in [1.29, 1.82) is 0 Å². The molecular weight excluding hydrogens is 392 g/mol. The van der Waals surface area contributed by atoms with Gasteiger partial charge in [0.1, 0.15) is 33.2 Å². The lowest BCUT2D eigenvalue weighted by Gasteiger charge is -2.09. The number of hydrogen-bond acceptors (Lipinski definition) is 6. The van der Waals surface area contributed by atoms with Crippen LogP contribution in [0, 0.1) is 0 Å². The molecule has 0 fully saturated rings. The maximum Gasteiger partial charge on any atom is 0.252 e. The summed E-state index contributed by atoms with van der Waals surface area (Å²) in [6.45, 7) is 2.64. The van der Waals surface area contributed by atoms with Gasteiger partial charge in [-0.3, -0.25) is 4.79 Å². The van der Waals surface area contributed by atoms with Gasteiger partial charge in [0.05, 0.1) is 34.9 Å². The fourth-order valence-electron chi connectivity index (χ4n) is 3.14. The van der Waals surface area contributed by atoms with Gasteiger partial charge in [0.25, 0.3) is 5.91 Å². The van der Waals surface area contributed by atoms with Crippen molar-refractivity contribution in [1.82, 2.24) is 4.57 Å². The molecule has 2 aromatic carbocycles.